The summed E-state index contributed by atoms with van der Waals surface area (Å²) >= 11 is 0. The fourth-order valence-electron chi connectivity index (χ4n) is 3.47. The fraction of sp³-hybridized carbons (Fsp3) is 0.600. The predicted molar refractivity (Wildman–Crippen MR) is 100 cm³/mol. The average Bonchev–Trinajstić information content (AvgIpc) is 2.81. The molecule has 1 aliphatic heterocycles. The number of amides is 3. The molecule has 0 bridgehead atoms. The number of β-amino-alcohol motifs (C(OH)–C–C–N with tert-alkyl or cyclic N) is 1. The van der Waals surface area contributed by atoms with Gasteiger partial charge in [-0.05, 0) is 43.9 Å². The fourth-order valence-corrected chi connectivity index (χ4v) is 3.47. The quantitative estimate of drug-likeness (QED) is 0.662. The van der Waals surface area contributed by atoms with Crippen molar-refractivity contribution >= 4 is 11.9 Å². The van der Waals surface area contributed by atoms with Crippen molar-refractivity contribution in [2.45, 2.75) is 65.0 Å². The van der Waals surface area contributed by atoms with Crippen LogP contribution < -0.4 is 10.1 Å². The normalized spacial score (nSPS) is 17.3. The first kappa shape index (κ1) is 20.2. The smallest absolute Gasteiger partial charge is 0.325 e. The maximum Gasteiger partial charge on any atom is 0.325 e. The molecule has 2 N–H and O–H groups in total. The first-order valence-electron chi connectivity index (χ1n) is 9.35. The second-order valence-electron chi connectivity index (χ2n) is 7.16. The van der Waals surface area contributed by atoms with E-state index in [2.05, 4.69) is 5.32 Å². The van der Waals surface area contributed by atoms with Crippen molar-refractivity contribution in [2.75, 3.05) is 13.2 Å². The van der Waals surface area contributed by atoms with Gasteiger partial charge in [0.1, 0.15) is 24.0 Å². The Morgan fingerprint density at radius 1 is 1.19 bits per heavy atom. The molecule has 1 atom stereocenters. The van der Waals surface area contributed by atoms with Gasteiger partial charge in [-0.1, -0.05) is 38.8 Å². The van der Waals surface area contributed by atoms with E-state index >= 15 is 0 Å². The first-order chi connectivity index (χ1) is 12.3. The summed E-state index contributed by atoms with van der Waals surface area (Å²) in [5.41, 5.74) is 1.22. The third kappa shape index (κ3) is 4.36. The number of aryl methyl sites for hydroxylation is 2. The number of aliphatic hydroxyl groups is 1. The number of urea groups is 1. The molecule has 3 amide bonds. The van der Waals surface area contributed by atoms with E-state index in [4.69, 9.17) is 4.74 Å². The van der Waals surface area contributed by atoms with Crippen LogP contribution in [0.2, 0.25) is 0 Å². The van der Waals surface area contributed by atoms with Crippen LogP contribution in [0, 0.1) is 13.8 Å². The molecule has 1 aromatic carbocycles. The van der Waals surface area contributed by atoms with Crippen molar-refractivity contribution < 1.29 is 19.4 Å². The average molecular weight is 362 g/mol. The molecule has 0 saturated carbocycles. The molecule has 2 rings (SSSR count). The molecular formula is C20H30N2O4. The summed E-state index contributed by atoms with van der Waals surface area (Å²) in [6.45, 7) is 7.85. The van der Waals surface area contributed by atoms with Gasteiger partial charge in [-0.25, -0.2) is 4.79 Å². The number of carbonyl (C=O) groups excluding carboxylic acids is 2. The molecule has 1 aromatic rings. The minimum absolute atomic E-state index is 0.0237. The van der Waals surface area contributed by atoms with Crippen LogP contribution in [0.3, 0.4) is 0 Å². The Morgan fingerprint density at radius 2 is 1.85 bits per heavy atom. The van der Waals surface area contributed by atoms with E-state index in [1.54, 1.807) is 0 Å². The van der Waals surface area contributed by atoms with Gasteiger partial charge in [0, 0.05) is 0 Å². The van der Waals surface area contributed by atoms with Gasteiger partial charge in [0.05, 0.1) is 6.54 Å². The monoisotopic (exact) mass is 362 g/mol. The number of ether oxygens (including phenoxy) is 1. The van der Waals surface area contributed by atoms with Crippen LogP contribution in [-0.2, 0) is 4.79 Å². The Bertz CT molecular complexity index is 653. The van der Waals surface area contributed by atoms with Crippen LogP contribution in [0.15, 0.2) is 18.2 Å². The number of hydrogen-bond donors (Lipinski definition) is 2. The zero-order valence-corrected chi connectivity index (χ0v) is 16.2. The van der Waals surface area contributed by atoms with Crippen molar-refractivity contribution in [3.63, 3.8) is 0 Å². The number of carbonyl (C=O) groups is 2. The van der Waals surface area contributed by atoms with Crippen LogP contribution in [0.4, 0.5) is 4.79 Å². The van der Waals surface area contributed by atoms with E-state index in [9.17, 15) is 14.7 Å². The minimum atomic E-state index is -0.941. The highest BCUT2D eigenvalue weighted by Crippen LogP contribution is 2.28. The van der Waals surface area contributed by atoms with E-state index in [1.165, 1.54) is 0 Å². The molecule has 1 fully saturated rings. The van der Waals surface area contributed by atoms with Gasteiger partial charge in [-0.3, -0.25) is 9.69 Å². The number of aliphatic hydroxyl groups excluding tert-OH is 1. The van der Waals surface area contributed by atoms with Gasteiger partial charge >= 0.3 is 6.03 Å². The van der Waals surface area contributed by atoms with Crippen molar-refractivity contribution in [3.05, 3.63) is 29.3 Å². The molecule has 1 saturated heterocycles. The molecule has 1 heterocycles. The van der Waals surface area contributed by atoms with Gasteiger partial charge in [0.25, 0.3) is 5.91 Å². The van der Waals surface area contributed by atoms with Crippen LogP contribution in [0.5, 0.6) is 5.75 Å². The zero-order chi connectivity index (χ0) is 19.3. The number of rotatable bonds is 9. The molecule has 1 aliphatic rings. The molecule has 6 nitrogen and oxygen atoms in total. The topological polar surface area (TPSA) is 78.9 Å². The van der Waals surface area contributed by atoms with Crippen molar-refractivity contribution in [1.29, 1.82) is 0 Å². The highest BCUT2D eigenvalue weighted by atomic mass is 16.5. The molecule has 0 aromatic heterocycles. The SMILES string of the molecule is CCCC1(CCC)NC(=O)N(CC(O)COc2cc(C)ccc2C)C1=O. The highest BCUT2D eigenvalue weighted by molar-refractivity contribution is 6.07. The van der Waals surface area contributed by atoms with Crippen molar-refractivity contribution in [1.82, 2.24) is 10.2 Å². The van der Waals surface area contributed by atoms with Crippen LogP contribution in [0.25, 0.3) is 0 Å². The number of hydrogen-bond acceptors (Lipinski definition) is 4. The third-order valence-corrected chi connectivity index (χ3v) is 4.77. The number of imide groups is 1. The lowest BCUT2D eigenvalue weighted by atomic mass is 9.88. The summed E-state index contributed by atoms with van der Waals surface area (Å²) in [5, 5.41) is 13.1. The standard InChI is InChI=1S/C20H30N2O4/c1-5-9-20(10-6-2)18(24)22(19(25)21-20)12-16(23)13-26-17-11-14(3)7-8-15(17)4/h7-8,11,16,23H,5-6,9-10,12-13H2,1-4H3,(H,21,25). The largest absolute Gasteiger partial charge is 0.491 e. The summed E-state index contributed by atoms with van der Waals surface area (Å²) in [6, 6.07) is 5.43. The van der Waals surface area contributed by atoms with Gasteiger partial charge in [-0.15, -0.1) is 0 Å². The van der Waals surface area contributed by atoms with Crippen LogP contribution in [0.1, 0.15) is 50.7 Å². The molecule has 144 valence electrons. The third-order valence-electron chi connectivity index (χ3n) is 4.77. The van der Waals surface area contributed by atoms with Gasteiger partial charge < -0.3 is 15.2 Å². The molecule has 6 heteroatoms. The van der Waals surface area contributed by atoms with Gasteiger partial charge in [-0.2, -0.15) is 0 Å². The Hall–Kier alpha value is -2.08. The van der Waals surface area contributed by atoms with E-state index < -0.39 is 17.7 Å². The lowest BCUT2D eigenvalue weighted by Gasteiger charge is -2.26. The van der Waals surface area contributed by atoms with E-state index in [0.717, 1.165) is 28.9 Å². The van der Waals surface area contributed by atoms with E-state index in [0.29, 0.717) is 18.6 Å². The maximum atomic E-state index is 12.8. The number of benzene rings is 1. The lowest BCUT2D eigenvalue weighted by molar-refractivity contribution is -0.133. The number of nitrogens with zero attached hydrogens (tertiary/aromatic N) is 1. The van der Waals surface area contributed by atoms with Gasteiger partial charge in [0.15, 0.2) is 0 Å². The summed E-state index contributed by atoms with van der Waals surface area (Å²) in [4.78, 5) is 26.2. The summed E-state index contributed by atoms with van der Waals surface area (Å²) < 4.78 is 5.69. The van der Waals surface area contributed by atoms with Crippen LogP contribution in [-0.4, -0.2) is 46.7 Å². The van der Waals surface area contributed by atoms with Crippen LogP contribution >= 0.6 is 0 Å². The number of nitrogens with one attached hydrogen (secondary N) is 1. The zero-order valence-electron chi connectivity index (χ0n) is 16.2. The Balaban J connectivity index is 1.99. The highest BCUT2D eigenvalue weighted by Gasteiger charge is 2.50. The molecular weight excluding hydrogens is 332 g/mol. The van der Waals surface area contributed by atoms with E-state index in [-0.39, 0.29) is 19.1 Å². The van der Waals surface area contributed by atoms with Gasteiger partial charge in [0.2, 0.25) is 0 Å². The lowest BCUT2D eigenvalue weighted by Crippen LogP contribution is -2.47. The molecule has 0 radical (unpaired) electrons. The van der Waals surface area contributed by atoms with Crippen molar-refractivity contribution in [2.24, 2.45) is 0 Å². The summed E-state index contributed by atoms with van der Waals surface area (Å²) in [5.74, 6) is 0.463. The summed E-state index contributed by atoms with van der Waals surface area (Å²) in [6.07, 6.45) is 1.88. The molecule has 1 unspecified atom stereocenters. The van der Waals surface area contributed by atoms with E-state index in [1.807, 2.05) is 45.9 Å². The Morgan fingerprint density at radius 3 is 2.46 bits per heavy atom. The maximum absolute atomic E-state index is 12.8. The minimum Gasteiger partial charge on any atom is -0.491 e. The molecule has 0 aliphatic carbocycles. The second kappa shape index (κ2) is 8.54. The predicted octanol–water partition coefficient (Wildman–Crippen LogP) is 2.93. The molecule has 0 spiro atoms. The Kier molecular flexibility index (Phi) is 6.64. The molecule has 26 heavy (non-hydrogen) atoms. The Labute approximate surface area is 155 Å². The second-order valence-corrected chi connectivity index (χ2v) is 7.16. The van der Waals surface area contributed by atoms with Crippen molar-refractivity contribution in [3.8, 4) is 5.75 Å². The summed E-state index contributed by atoms with van der Waals surface area (Å²) in [7, 11) is 0. The first-order valence-corrected chi connectivity index (χ1v) is 9.35.